The third-order valence-corrected chi connectivity index (χ3v) is 5.41. The van der Waals surface area contributed by atoms with Crippen LogP contribution in [0.2, 0.25) is 0 Å². The van der Waals surface area contributed by atoms with Crippen molar-refractivity contribution in [3.63, 3.8) is 0 Å². The van der Waals surface area contributed by atoms with Crippen molar-refractivity contribution in [2.45, 2.75) is 45.6 Å². The van der Waals surface area contributed by atoms with E-state index < -0.39 is 0 Å². The maximum atomic E-state index is 12.5. The average Bonchev–Trinajstić information content (AvgIpc) is 3.10. The zero-order chi connectivity index (χ0) is 18.8. The zero-order valence-corrected chi connectivity index (χ0v) is 15.8. The molecular weight excluding hydrogens is 336 g/mol. The van der Waals surface area contributed by atoms with Gasteiger partial charge in [-0.2, -0.15) is 5.10 Å². The summed E-state index contributed by atoms with van der Waals surface area (Å²) in [6, 6.07) is 10.1. The zero-order valence-electron chi connectivity index (χ0n) is 15.8. The first-order valence-corrected chi connectivity index (χ1v) is 9.45. The summed E-state index contributed by atoms with van der Waals surface area (Å²) in [5, 5.41) is 7.86. The number of hydrogen-bond acceptors (Lipinski definition) is 3. The van der Waals surface area contributed by atoms with Crippen LogP contribution in [0.4, 0.5) is 0 Å². The van der Waals surface area contributed by atoms with Crippen LogP contribution >= 0.6 is 0 Å². The number of carbonyl (C=O) groups excluding carboxylic acids is 1. The molecule has 1 amide bonds. The number of carbonyl (C=O) groups is 1. The number of rotatable bonds is 4. The van der Waals surface area contributed by atoms with Gasteiger partial charge in [0.1, 0.15) is 0 Å². The summed E-state index contributed by atoms with van der Waals surface area (Å²) in [6.45, 7) is 4.25. The number of nitrogens with one attached hydrogen (secondary N) is 1. The number of aromatic nitrogens is 3. The molecule has 2 aromatic heterocycles. The lowest BCUT2D eigenvalue weighted by Gasteiger charge is -2.24. The van der Waals surface area contributed by atoms with Crippen LogP contribution in [0, 0.1) is 13.8 Å². The van der Waals surface area contributed by atoms with Crippen LogP contribution in [-0.2, 0) is 17.6 Å². The Labute approximate surface area is 159 Å². The second-order valence-corrected chi connectivity index (χ2v) is 7.23. The van der Waals surface area contributed by atoms with E-state index in [4.69, 9.17) is 0 Å². The number of pyridine rings is 1. The maximum absolute atomic E-state index is 12.5. The summed E-state index contributed by atoms with van der Waals surface area (Å²) < 4.78 is 2.05. The van der Waals surface area contributed by atoms with Gasteiger partial charge >= 0.3 is 0 Å². The fraction of sp³-hybridized carbons (Fsp3) is 0.318. The van der Waals surface area contributed by atoms with Gasteiger partial charge in [-0.3, -0.25) is 9.78 Å². The Hall–Kier alpha value is -2.95. The van der Waals surface area contributed by atoms with Gasteiger partial charge in [0.2, 0.25) is 5.91 Å². The molecule has 5 nitrogen and oxygen atoms in total. The highest BCUT2D eigenvalue weighted by Gasteiger charge is 2.26. The van der Waals surface area contributed by atoms with Gasteiger partial charge in [-0.05, 0) is 61.9 Å². The van der Waals surface area contributed by atoms with Crippen LogP contribution in [0.3, 0.4) is 0 Å². The molecule has 1 atom stereocenters. The molecule has 0 spiro atoms. The molecule has 1 aromatic carbocycles. The highest BCUT2D eigenvalue weighted by atomic mass is 16.1. The molecule has 4 rings (SSSR count). The monoisotopic (exact) mass is 360 g/mol. The molecule has 0 saturated heterocycles. The van der Waals surface area contributed by atoms with Crippen LogP contribution < -0.4 is 5.32 Å². The van der Waals surface area contributed by atoms with Gasteiger partial charge < -0.3 is 5.32 Å². The van der Waals surface area contributed by atoms with Crippen LogP contribution in [-0.4, -0.2) is 20.7 Å². The summed E-state index contributed by atoms with van der Waals surface area (Å²) in [5.41, 5.74) is 6.90. The third-order valence-electron chi connectivity index (χ3n) is 5.41. The smallest absolute Gasteiger partial charge is 0.224 e. The van der Waals surface area contributed by atoms with Gasteiger partial charge in [0.05, 0.1) is 24.3 Å². The molecule has 1 aliphatic rings. The molecule has 0 radical (unpaired) electrons. The maximum Gasteiger partial charge on any atom is 0.224 e. The summed E-state index contributed by atoms with van der Waals surface area (Å²) in [4.78, 5) is 16.6. The first-order chi connectivity index (χ1) is 13.1. The third kappa shape index (κ3) is 3.50. The average molecular weight is 360 g/mol. The van der Waals surface area contributed by atoms with E-state index >= 15 is 0 Å². The van der Waals surface area contributed by atoms with Crippen molar-refractivity contribution in [3.8, 4) is 5.69 Å². The van der Waals surface area contributed by atoms with E-state index in [1.807, 2.05) is 18.3 Å². The number of fused-ring (bicyclic) bond motifs is 1. The first kappa shape index (κ1) is 17.5. The van der Waals surface area contributed by atoms with Gasteiger partial charge in [-0.1, -0.05) is 18.2 Å². The SMILES string of the molecule is Cc1cccc(-n2ncc3c2CCCC3NC(=O)Cc2cccnc2)c1C. The summed E-state index contributed by atoms with van der Waals surface area (Å²) in [6.07, 6.45) is 8.71. The second kappa shape index (κ2) is 7.35. The Kier molecular flexibility index (Phi) is 4.75. The minimum absolute atomic E-state index is 0.0248. The van der Waals surface area contributed by atoms with Crippen LogP contribution in [0.15, 0.2) is 48.9 Å². The molecule has 2 heterocycles. The summed E-state index contributed by atoms with van der Waals surface area (Å²) >= 11 is 0. The van der Waals surface area contributed by atoms with Crippen molar-refractivity contribution in [3.05, 3.63) is 76.9 Å². The number of amides is 1. The van der Waals surface area contributed by atoms with Crippen molar-refractivity contribution in [1.29, 1.82) is 0 Å². The summed E-state index contributed by atoms with van der Waals surface area (Å²) in [7, 11) is 0. The van der Waals surface area contributed by atoms with Gasteiger partial charge in [-0.25, -0.2) is 4.68 Å². The van der Waals surface area contributed by atoms with Crippen molar-refractivity contribution in [1.82, 2.24) is 20.1 Å². The van der Waals surface area contributed by atoms with Crippen molar-refractivity contribution in [2.24, 2.45) is 0 Å². The molecule has 1 unspecified atom stereocenters. The van der Waals surface area contributed by atoms with E-state index in [0.29, 0.717) is 6.42 Å². The minimum Gasteiger partial charge on any atom is -0.349 e. The molecule has 27 heavy (non-hydrogen) atoms. The van der Waals surface area contributed by atoms with Gasteiger partial charge in [0.15, 0.2) is 0 Å². The van der Waals surface area contributed by atoms with E-state index in [0.717, 1.165) is 36.1 Å². The van der Waals surface area contributed by atoms with Crippen LogP contribution in [0.5, 0.6) is 0 Å². The van der Waals surface area contributed by atoms with Gasteiger partial charge in [0, 0.05) is 23.7 Å². The fourth-order valence-electron chi connectivity index (χ4n) is 3.81. The van der Waals surface area contributed by atoms with E-state index in [1.165, 1.54) is 16.8 Å². The van der Waals surface area contributed by atoms with E-state index in [1.54, 1.807) is 12.4 Å². The predicted molar refractivity (Wildman–Crippen MR) is 105 cm³/mol. The predicted octanol–water partition coefficient (Wildman–Crippen LogP) is 3.62. The largest absolute Gasteiger partial charge is 0.349 e. The minimum atomic E-state index is 0.0248. The molecule has 1 aliphatic carbocycles. The Morgan fingerprint density at radius 3 is 2.93 bits per heavy atom. The number of aryl methyl sites for hydroxylation is 1. The Morgan fingerprint density at radius 2 is 2.11 bits per heavy atom. The molecule has 138 valence electrons. The fourth-order valence-corrected chi connectivity index (χ4v) is 3.81. The molecule has 3 aromatic rings. The van der Waals surface area contributed by atoms with Crippen molar-refractivity contribution < 1.29 is 4.79 Å². The molecule has 5 heteroatoms. The number of benzene rings is 1. The Morgan fingerprint density at radius 1 is 1.22 bits per heavy atom. The number of hydrogen-bond donors (Lipinski definition) is 1. The molecule has 0 bridgehead atoms. The lowest BCUT2D eigenvalue weighted by atomic mass is 9.92. The van der Waals surface area contributed by atoms with Crippen molar-refractivity contribution in [2.75, 3.05) is 0 Å². The highest BCUT2D eigenvalue weighted by Crippen LogP contribution is 2.32. The van der Waals surface area contributed by atoms with E-state index in [9.17, 15) is 4.79 Å². The Bertz CT molecular complexity index is 962. The first-order valence-electron chi connectivity index (χ1n) is 9.45. The normalized spacial score (nSPS) is 16.0. The van der Waals surface area contributed by atoms with Gasteiger partial charge in [-0.15, -0.1) is 0 Å². The molecule has 1 N–H and O–H groups in total. The van der Waals surface area contributed by atoms with Crippen molar-refractivity contribution >= 4 is 5.91 Å². The standard InChI is InChI=1S/C22H24N4O/c1-15-6-3-9-20(16(15)2)26-21-10-4-8-19(18(21)14-24-26)25-22(27)12-17-7-5-11-23-13-17/h3,5-7,9,11,13-14,19H,4,8,10,12H2,1-2H3,(H,25,27). The topological polar surface area (TPSA) is 59.8 Å². The summed E-state index contributed by atoms with van der Waals surface area (Å²) in [5.74, 6) is 0.0281. The van der Waals surface area contributed by atoms with Gasteiger partial charge in [0.25, 0.3) is 0 Å². The molecule has 0 aliphatic heterocycles. The van der Waals surface area contributed by atoms with E-state index in [-0.39, 0.29) is 11.9 Å². The number of nitrogens with zero attached hydrogens (tertiary/aromatic N) is 3. The highest BCUT2D eigenvalue weighted by molar-refractivity contribution is 5.79. The van der Waals surface area contributed by atoms with Crippen LogP contribution in [0.25, 0.3) is 5.69 Å². The molecule has 0 saturated carbocycles. The lowest BCUT2D eigenvalue weighted by molar-refractivity contribution is -0.121. The van der Waals surface area contributed by atoms with Crippen LogP contribution in [0.1, 0.15) is 46.8 Å². The second-order valence-electron chi connectivity index (χ2n) is 7.23. The van der Waals surface area contributed by atoms with E-state index in [2.05, 4.69) is 52.1 Å². The Balaban J connectivity index is 1.57. The molecular formula is C22H24N4O. The molecule has 0 fully saturated rings. The quantitative estimate of drug-likeness (QED) is 0.773. The lowest BCUT2D eigenvalue weighted by Crippen LogP contribution is -2.32.